The van der Waals surface area contributed by atoms with Gasteiger partial charge in [-0.2, -0.15) is 5.10 Å². The van der Waals surface area contributed by atoms with Crippen molar-refractivity contribution in [2.75, 3.05) is 6.61 Å². The Labute approximate surface area is 157 Å². The van der Waals surface area contributed by atoms with Crippen LogP contribution in [0.5, 0.6) is 0 Å². The minimum Gasteiger partial charge on any atom is -0.452 e. The molecule has 0 unspecified atom stereocenters. The first-order valence-electron chi connectivity index (χ1n) is 8.18. The number of amides is 1. The normalized spacial score (nSPS) is 12.2. The fourth-order valence-corrected chi connectivity index (χ4v) is 2.85. The summed E-state index contributed by atoms with van der Waals surface area (Å²) in [5, 5.41) is 7.59. The second kappa shape index (κ2) is 8.67. The number of benzene rings is 1. The molecule has 1 amide bonds. The average Bonchev–Trinajstić information content (AvgIpc) is 2.83. The molecule has 2 rings (SSSR count). The van der Waals surface area contributed by atoms with Crippen LogP contribution in [0.4, 0.5) is 0 Å². The maximum atomic E-state index is 12.0. The van der Waals surface area contributed by atoms with Gasteiger partial charge in [0.2, 0.25) is 0 Å². The fourth-order valence-electron chi connectivity index (χ4n) is 2.55. The summed E-state index contributed by atoms with van der Waals surface area (Å²) in [5.74, 6) is -0.985. The minimum atomic E-state index is -0.590. The Bertz CT molecular complexity index is 843. The Balaban J connectivity index is 1.86. The van der Waals surface area contributed by atoms with Gasteiger partial charge in [0.05, 0.1) is 11.7 Å². The van der Waals surface area contributed by atoms with Gasteiger partial charge in [-0.25, -0.2) is 4.79 Å². The monoisotopic (exact) mass is 375 g/mol. The molecule has 0 aliphatic heterocycles. The summed E-state index contributed by atoms with van der Waals surface area (Å²) in [6.07, 6.45) is 2.94. The predicted molar refractivity (Wildman–Crippen MR) is 101 cm³/mol. The number of halogens is 1. The molecule has 0 fully saturated rings. The van der Waals surface area contributed by atoms with Gasteiger partial charge in [-0.1, -0.05) is 29.8 Å². The molecule has 1 aromatic heterocycles. The van der Waals surface area contributed by atoms with Gasteiger partial charge in [0.25, 0.3) is 5.91 Å². The molecule has 0 saturated heterocycles. The summed E-state index contributed by atoms with van der Waals surface area (Å²) in [4.78, 5) is 23.8. The van der Waals surface area contributed by atoms with Crippen molar-refractivity contribution < 1.29 is 14.3 Å². The molecular formula is C19H22ClN3O3. The number of carbonyl (C=O) groups excluding carboxylic acids is 2. The largest absolute Gasteiger partial charge is 0.452 e. The number of nitrogens with one attached hydrogen (secondary N) is 1. The third-order valence-electron chi connectivity index (χ3n) is 4.05. The summed E-state index contributed by atoms with van der Waals surface area (Å²) >= 11 is 6.10. The molecule has 2 aromatic rings. The second-order valence-electron chi connectivity index (χ2n) is 5.96. The van der Waals surface area contributed by atoms with Crippen molar-refractivity contribution in [2.24, 2.45) is 7.05 Å². The summed E-state index contributed by atoms with van der Waals surface area (Å²) in [5.41, 5.74) is 3.43. The number of esters is 1. The Morgan fingerprint density at radius 2 is 2.04 bits per heavy atom. The van der Waals surface area contributed by atoms with E-state index in [4.69, 9.17) is 16.3 Å². The maximum absolute atomic E-state index is 12.0. The van der Waals surface area contributed by atoms with Crippen LogP contribution in [0.1, 0.15) is 35.5 Å². The topological polar surface area (TPSA) is 73.2 Å². The van der Waals surface area contributed by atoms with Crippen molar-refractivity contribution in [1.29, 1.82) is 0 Å². The lowest BCUT2D eigenvalue weighted by molar-refractivity contribution is -0.144. The third kappa shape index (κ3) is 4.95. The molecule has 0 radical (unpaired) electrons. The number of carbonyl (C=O) groups is 2. The molecule has 6 nitrogen and oxygen atoms in total. The van der Waals surface area contributed by atoms with E-state index >= 15 is 0 Å². The fraction of sp³-hybridized carbons (Fsp3) is 0.316. The number of hydrogen-bond acceptors (Lipinski definition) is 4. The van der Waals surface area contributed by atoms with Gasteiger partial charge in [-0.05, 0) is 38.5 Å². The van der Waals surface area contributed by atoms with Crippen molar-refractivity contribution in [1.82, 2.24) is 15.1 Å². The predicted octanol–water partition coefficient (Wildman–Crippen LogP) is 3.12. The number of nitrogens with zero attached hydrogens (tertiary/aromatic N) is 2. The van der Waals surface area contributed by atoms with Crippen LogP contribution >= 0.6 is 11.6 Å². The molecule has 1 atom stereocenters. The summed E-state index contributed by atoms with van der Waals surface area (Å²) in [7, 11) is 1.84. The highest BCUT2D eigenvalue weighted by atomic mass is 35.5. The van der Waals surface area contributed by atoms with Gasteiger partial charge in [-0.15, -0.1) is 0 Å². The number of aryl methyl sites for hydroxylation is 2. The van der Waals surface area contributed by atoms with E-state index in [0.29, 0.717) is 5.02 Å². The lowest BCUT2D eigenvalue weighted by atomic mass is 10.1. The highest BCUT2D eigenvalue weighted by Crippen LogP contribution is 2.21. The lowest BCUT2D eigenvalue weighted by Gasteiger charge is -2.15. The lowest BCUT2D eigenvalue weighted by Crippen LogP contribution is -2.31. The highest BCUT2D eigenvalue weighted by Gasteiger charge is 2.13. The molecule has 7 heteroatoms. The molecule has 1 N–H and O–H groups in total. The van der Waals surface area contributed by atoms with Crippen molar-refractivity contribution in [3.8, 4) is 0 Å². The van der Waals surface area contributed by atoms with E-state index in [0.717, 1.165) is 22.5 Å². The zero-order chi connectivity index (χ0) is 19.3. The average molecular weight is 376 g/mol. The zero-order valence-electron chi connectivity index (χ0n) is 15.2. The first-order chi connectivity index (χ1) is 12.3. The number of rotatable bonds is 6. The van der Waals surface area contributed by atoms with Crippen molar-refractivity contribution in [2.45, 2.75) is 26.8 Å². The Morgan fingerprint density at radius 3 is 2.65 bits per heavy atom. The number of aromatic nitrogens is 2. The van der Waals surface area contributed by atoms with Gasteiger partial charge < -0.3 is 10.1 Å². The highest BCUT2D eigenvalue weighted by molar-refractivity contribution is 6.31. The first kappa shape index (κ1) is 19.7. The van der Waals surface area contributed by atoms with Gasteiger partial charge in [0, 0.05) is 29.4 Å². The zero-order valence-corrected chi connectivity index (χ0v) is 16.0. The van der Waals surface area contributed by atoms with Crippen molar-refractivity contribution in [3.05, 3.63) is 57.9 Å². The Hall–Kier alpha value is -2.60. The summed E-state index contributed by atoms with van der Waals surface area (Å²) in [6, 6.07) is 6.97. The van der Waals surface area contributed by atoms with Crippen molar-refractivity contribution in [3.63, 3.8) is 0 Å². The van der Waals surface area contributed by atoms with Crippen molar-refractivity contribution >= 4 is 29.6 Å². The van der Waals surface area contributed by atoms with Crippen LogP contribution in [0.2, 0.25) is 5.02 Å². The molecule has 138 valence electrons. The van der Waals surface area contributed by atoms with E-state index < -0.39 is 11.9 Å². The van der Waals surface area contributed by atoms with Gasteiger partial charge in [0.1, 0.15) is 0 Å². The number of ether oxygens (including phenoxy) is 1. The van der Waals surface area contributed by atoms with Crippen LogP contribution in [0.25, 0.3) is 6.08 Å². The van der Waals surface area contributed by atoms with Crippen LogP contribution in [0.15, 0.2) is 30.3 Å². The molecule has 0 spiro atoms. The summed E-state index contributed by atoms with van der Waals surface area (Å²) in [6.45, 7) is 5.23. The van der Waals surface area contributed by atoms with Crippen LogP contribution in [-0.4, -0.2) is 28.3 Å². The van der Waals surface area contributed by atoms with E-state index in [2.05, 4.69) is 10.4 Å². The summed E-state index contributed by atoms with van der Waals surface area (Å²) < 4.78 is 6.72. The van der Waals surface area contributed by atoms with Crippen LogP contribution < -0.4 is 5.32 Å². The van der Waals surface area contributed by atoms with E-state index in [1.165, 1.54) is 6.08 Å². The number of hydrogen-bond donors (Lipinski definition) is 1. The quantitative estimate of drug-likeness (QED) is 0.622. The first-order valence-corrected chi connectivity index (χ1v) is 8.56. The molecular weight excluding hydrogens is 354 g/mol. The molecule has 0 aliphatic carbocycles. The Kier molecular flexibility index (Phi) is 6.58. The van der Waals surface area contributed by atoms with Crippen LogP contribution in [0, 0.1) is 13.8 Å². The smallest absolute Gasteiger partial charge is 0.331 e. The maximum Gasteiger partial charge on any atom is 0.331 e. The van der Waals surface area contributed by atoms with E-state index in [1.54, 1.807) is 16.8 Å². The van der Waals surface area contributed by atoms with E-state index in [9.17, 15) is 9.59 Å². The van der Waals surface area contributed by atoms with Gasteiger partial charge in [0.15, 0.2) is 6.61 Å². The molecule has 26 heavy (non-hydrogen) atoms. The van der Waals surface area contributed by atoms with Gasteiger partial charge >= 0.3 is 5.97 Å². The SMILES string of the molecule is Cc1nn(C)c(C)c1/C=C/C(=O)OCC(=O)N[C@H](C)c1ccccc1Cl. The molecule has 0 bridgehead atoms. The standard InChI is InChI=1S/C19H22ClN3O3/c1-12(16-7-5-6-8-17(16)20)21-18(24)11-26-19(25)10-9-15-13(2)22-23(4)14(15)3/h5-10,12H,11H2,1-4H3,(H,21,24)/b10-9+/t12-/m1/s1. The molecule has 0 aliphatic rings. The minimum absolute atomic E-state index is 0.286. The van der Waals surface area contributed by atoms with E-state index in [1.807, 2.05) is 46.0 Å². The third-order valence-corrected chi connectivity index (χ3v) is 4.39. The van der Waals surface area contributed by atoms with E-state index in [-0.39, 0.29) is 12.6 Å². The Morgan fingerprint density at radius 1 is 1.35 bits per heavy atom. The van der Waals surface area contributed by atoms with Gasteiger partial charge in [-0.3, -0.25) is 9.48 Å². The second-order valence-corrected chi connectivity index (χ2v) is 6.37. The van der Waals surface area contributed by atoms with Crippen LogP contribution in [-0.2, 0) is 21.4 Å². The van der Waals surface area contributed by atoms with Crippen LogP contribution in [0.3, 0.4) is 0 Å². The molecule has 1 heterocycles. The molecule has 0 saturated carbocycles. The molecule has 1 aromatic carbocycles.